The fraction of sp³-hybridized carbons (Fsp3) is 0.417. The van der Waals surface area contributed by atoms with E-state index in [1.54, 1.807) is 17.9 Å². The van der Waals surface area contributed by atoms with Gasteiger partial charge in [-0.2, -0.15) is 0 Å². The van der Waals surface area contributed by atoms with Gasteiger partial charge in [-0.15, -0.1) is 0 Å². The number of nitrogens with one attached hydrogen (secondary N) is 1. The zero-order valence-electron chi connectivity index (χ0n) is 18.2. The molecule has 0 aliphatic heterocycles. The molecule has 1 atom stereocenters. The molecular weight excluding hydrogens is 384 g/mol. The predicted molar refractivity (Wildman–Crippen MR) is 119 cm³/mol. The van der Waals surface area contributed by atoms with Crippen LogP contribution in [0.25, 0.3) is 0 Å². The van der Waals surface area contributed by atoms with Crippen molar-refractivity contribution in [3.63, 3.8) is 0 Å². The van der Waals surface area contributed by atoms with Crippen molar-refractivity contribution >= 4 is 23.4 Å². The van der Waals surface area contributed by atoms with E-state index in [-0.39, 0.29) is 23.8 Å². The smallest absolute Gasteiger partial charge is 0.242 e. The van der Waals surface area contributed by atoms with Crippen molar-refractivity contribution in [2.24, 2.45) is 0 Å². The van der Waals surface area contributed by atoms with Crippen LogP contribution in [0.3, 0.4) is 0 Å². The fourth-order valence-corrected chi connectivity index (χ4v) is 3.36. The summed E-state index contributed by atoms with van der Waals surface area (Å²) in [5.74, 6) is -0.260. The van der Waals surface area contributed by atoms with Gasteiger partial charge in [-0.25, -0.2) is 0 Å². The first-order valence-electron chi connectivity index (χ1n) is 9.88. The summed E-state index contributed by atoms with van der Waals surface area (Å²) in [6.07, 6.45) is 0.251. The highest BCUT2D eigenvalue weighted by Crippen LogP contribution is 2.18. The minimum atomic E-state index is -0.606. The Bertz CT molecular complexity index is 887. The second-order valence-corrected chi connectivity index (χ2v) is 9.11. The molecule has 0 unspecified atom stereocenters. The van der Waals surface area contributed by atoms with Gasteiger partial charge in [0.1, 0.15) is 6.04 Å². The van der Waals surface area contributed by atoms with Crippen LogP contribution in [-0.2, 0) is 22.6 Å². The Morgan fingerprint density at radius 1 is 1.10 bits per heavy atom. The molecule has 0 aliphatic carbocycles. The number of rotatable bonds is 6. The Labute approximate surface area is 179 Å². The molecule has 2 amide bonds. The van der Waals surface area contributed by atoms with Crippen LogP contribution < -0.4 is 5.32 Å². The summed E-state index contributed by atoms with van der Waals surface area (Å²) >= 11 is 6.12. The molecule has 0 heterocycles. The van der Waals surface area contributed by atoms with Crippen LogP contribution in [0.5, 0.6) is 0 Å². The Hall–Kier alpha value is -2.33. The maximum absolute atomic E-state index is 13.3. The predicted octanol–water partition coefficient (Wildman–Crippen LogP) is 4.83. The highest BCUT2D eigenvalue weighted by atomic mass is 35.5. The van der Waals surface area contributed by atoms with E-state index in [2.05, 4.69) is 5.32 Å². The number of benzene rings is 2. The third-order valence-electron chi connectivity index (χ3n) is 4.75. The number of amides is 2. The lowest BCUT2D eigenvalue weighted by Crippen LogP contribution is -2.52. The summed E-state index contributed by atoms with van der Waals surface area (Å²) in [5, 5.41) is 3.58. The van der Waals surface area contributed by atoms with Crippen LogP contribution in [0.2, 0.25) is 5.02 Å². The number of carbonyl (C=O) groups is 2. The molecule has 156 valence electrons. The van der Waals surface area contributed by atoms with E-state index in [4.69, 9.17) is 11.6 Å². The van der Waals surface area contributed by atoms with Crippen LogP contribution in [-0.4, -0.2) is 28.3 Å². The minimum Gasteiger partial charge on any atom is -0.350 e. The second-order valence-electron chi connectivity index (χ2n) is 8.67. The molecule has 0 saturated heterocycles. The lowest BCUT2D eigenvalue weighted by Gasteiger charge is -2.31. The highest BCUT2D eigenvalue weighted by molar-refractivity contribution is 6.30. The summed E-state index contributed by atoms with van der Waals surface area (Å²) in [5.41, 5.74) is 3.68. The van der Waals surface area contributed by atoms with E-state index < -0.39 is 6.04 Å². The maximum atomic E-state index is 13.3. The molecule has 0 aliphatic rings. The molecule has 0 fully saturated rings. The van der Waals surface area contributed by atoms with E-state index in [0.717, 1.165) is 22.3 Å². The first kappa shape index (κ1) is 23.0. The van der Waals surface area contributed by atoms with E-state index in [9.17, 15) is 9.59 Å². The maximum Gasteiger partial charge on any atom is 0.242 e. The first-order valence-corrected chi connectivity index (χ1v) is 10.3. The van der Waals surface area contributed by atoms with Gasteiger partial charge >= 0.3 is 0 Å². The fourth-order valence-electron chi connectivity index (χ4n) is 3.14. The second kappa shape index (κ2) is 9.45. The third kappa shape index (κ3) is 6.90. The Kier molecular flexibility index (Phi) is 7.48. The number of carbonyl (C=O) groups excluding carboxylic acids is 2. The van der Waals surface area contributed by atoms with E-state index in [1.807, 2.05) is 71.0 Å². The summed E-state index contributed by atoms with van der Waals surface area (Å²) < 4.78 is 0. The molecule has 29 heavy (non-hydrogen) atoms. The molecule has 2 aromatic rings. The lowest BCUT2D eigenvalue weighted by molar-refractivity contribution is -0.140. The van der Waals surface area contributed by atoms with Crippen molar-refractivity contribution in [1.29, 1.82) is 0 Å². The SMILES string of the molecule is Cc1ccc(C)c(CC(=O)N(Cc2cccc(Cl)c2)[C@@H](C)C(=O)NC(C)(C)C)c1. The Morgan fingerprint density at radius 2 is 1.79 bits per heavy atom. The van der Waals surface area contributed by atoms with Crippen molar-refractivity contribution in [3.05, 3.63) is 69.7 Å². The number of hydrogen-bond donors (Lipinski definition) is 1. The molecule has 0 aromatic heterocycles. The summed E-state index contributed by atoms with van der Waals surface area (Å²) in [4.78, 5) is 27.7. The molecule has 0 bridgehead atoms. The number of halogens is 1. The van der Waals surface area contributed by atoms with Crippen molar-refractivity contribution in [2.45, 2.75) is 66.1 Å². The summed E-state index contributed by atoms with van der Waals surface area (Å²) in [6, 6.07) is 12.9. The van der Waals surface area contributed by atoms with Gasteiger partial charge in [-0.1, -0.05) is 47.5 Å². The normalized spacial score (nSPS) is 12.4. The Morgan fingerprint density at radius 3 is 2.41 bits per heavy atom. The van der Waals surface area contributed by atoms with Crippen molar-refractivity contribution < 1.29 is 9.59 Å². The average molecular weight is 415 g/mol. The molecular formula is C24H31ClN2O2. The van der Waals surface area contributed by atoms with Gasteiger partial charge in [-0.05, 0) is 70.4 Å². The molecule has 0 saturated carbocycles. The zero-order chi connectivity index (χ0) is 21.8. The van der Waals surface area contributed by atoms with E-state index >= 15 is 0 Å². The molecule has 1 N–H and O–H groups in total. The number of nitrogens with zero attached hydrogens (tertiary/aromatic N) is 1. The lowest BCUT2D eigenvalue weighted by atomic mass is 10.0. The standard InChI is InChI=1S/C24H31ClN2O2/c1-16-10-11-17(2)20(12-16)14-22(28)27(15-19-8-7-9-21(25)13-19)18(3)23(29)26-24(4,5)6/h7-13,18H,14-15H2,1-6H3,(H,26,29)/t18-/m0/s1. The molecule has 0 radical (unpaired) electrons. The van der Waals surface area contributed by atoms with Gasteiger partial charge in [0.05, 0.1) is 6.42 Å². The molecule has 5 heteroatoms. The van der Waals surface area contributed by atoms with Crippen LogP contribution in [0.1, 0.15) is 49.9 Å². The van der Waals surface area contributed by atoms with Gasteiger partial charge in [0.25, 0.3) is 0 Å². The zero-order valence-corrected chi connectivity index (χ0v) is 18.9. The van der Waals surface area contributed by atoms with Crippen LogP contribution in [0.4, 0.5) is 0 Å². The number of hydrogen-bond acceptors (Lipinski definition) is 2. The summed E-state index contributed by atoms with van der Waals surface area (Å²) in [7, 11) is 0. The average Bonchev–Trinajstić information content (AvgIpc) is 2.60. The molecule has 0 spiro atoms. The number of aryl methyl sites for hydroxylation is 2. The van der Waals surface area contributed by atoms with E-state index in [1.165, 1.54) is 0 Å². The Balaban J connectivity index is 2.30. The largest absolute Gasteiger partial charge is 0.350 e. The molecule has 4 nitrogen and oxygen atoms in total. The quantitative estimate of drug-likeness (QED) is 0.735. The van der Waals surface area contributed by atoms with Gasteiger partial charge in [-0.3, -0.25) is 9.59 Å². The van der Waals surface area contributed by atoms with E-state index in [0.29, 0.717) is 11.6 Å². The van der Waals surface area contributed by atoms with Crippen LogP contribution in [0.15, 0.2) is 42.5 Å². The van der Waals surface area contributed by atoms with Gasteiger partial charge in [0.2, 0.25) is 11.8 Å². The molecule has 2 rings (SSSR count). The van der Waals surface area contributed by atoms with Crippen molar-refractivity contribution in [2.75, 3.05) is 0 Å². The monoisotopic (exact) mass is 414 g/mol. The van der Waals surface area contributed by atoms with Crippen molar-refractivity contribution in [1.82, 2.24) is 10.2 Å². The summed E-state index contributed by atoms with van der Waals surface area (Å²) in [6.45, 7) is 11.9. The van der Waals surface area contributed by atoms with Crippen LogP contribution in [0, 0.1) is 13.8 Å². The highest BCUT2D eigenvalue weighted by Gasteiger charge is 2.28. The third-order valence-corrected chi connectivity index (χ3v) is 4.99. The van der Waals surface area contributed by atoms with Crippen LogP contribution >= 0.6 is 11.6 Å². The van der Waals surface area contributed by atoms with Gasteiger partial charge in [0.15, 0.2) is 0 Å². The molecule has 2 aromatic carbocycles. The minimum absolute atomic E-state index is 0.0877. The first-order chi connectivity index (χ1) is 13.5. The topological polar surface area (TPSA) is 49.4 Å². The van der Waals surface area contributed by atoms with Crippen molar-refractivity contribution in [3.8, 4) is 0 Å². The van der Waals surface area contributed by atoms with Gasteiger partial charge < -0.3 is 10.2 Å². The van der Waals surface area contributed by atoms with Gasteiger partial charge in [0, 0.05) is 17.1 Å².